The molecule has 0 radical (unpaired) electrons. The first-order valence-electron chi connectivity index (χ1n) is 11.5. The van der Waals surface area contributed by atoms with Gasteiger partial charge in [0.25, 0.3) is 0 Å². The second-order valence-corrected chi connectivity index (χ2v) is 8.39. The van der Waals surface area contributed by atoms with E-state index in [-0.39, 0.29) is 0 Å². The number of benzene rings is 3. The molecule has 1 unspecified atom stereocenters. The lowest BCUT2D eigenvalue weighted by Gasteiger charge is -2.17. The number of hydrogen-bond donors (Lipinski definition) is 1. The van der Waals surface area contributed by atoms with Gasteiger partial charge in [-0.05, 0) is 77.8 Å². The monoisotopic (exact) mass is 442 g/mol. The second kappa shape index (κ2) is 10.5. The van der Waals surface area contributed by atoms with Crippen LogP contribution in [-0.2, 0) is 28.8 Å². The van der Waals surface area contributed by atoms with Crippen LogP contribution >= 0.6 is 0 Å². The third kappa shape index (κ3) is 5.35. The molecular formula is C29H30O4. The predicted octanol–water partition coefficient (Wildman–Crippen LogP) is 5.72. The first-order valence-corrected chi connectivity index (χ1v) is 11.5. The van der Waals surface area contributed by atoms with Crippen LogP contribution in [-0.4, -0.2) is 30.4 Å². The molecule has 4 heteroatoms. The van der Waals surface area contributed by atoms with Crippen molar-refractivity contribution in [2.75, 3.05) is 13.2 Å². The van der Waals surface area contributed by atoms with E-state index in [1.807, 2.05) is 24.3 Å². The highest BCUT2D eigenvalue weighted by Crippen LogP contribution is 2.35. The van der Waals surface area contributed by atoms with E-state index in [0.717, 1.165) is 24.2 Å². The molecule has 3 aromatic carbocycles. The van der Waals surface area contributed by atoms with Crippen LogP contribution in [0, 0.1) is 0 Å². The van der Waals surface area contributed by atoms with Crippen molar-refractivity contribution in [2.45, 2.75) is 39.2 Å². The van der Waals surface area contributed by atoms with Crippen LogP contribution in [0.4, 0.5) is 0 Å². The maximum Gasteiger partial charge on any atom is 0.333 e. The third-order valence-corrected chi connectivity index (χ3v) is 6.11. The molecule has 4 rings (SSSR count). The summed E-state index contributed by atoms with van der Waals surface area (Å²) in [5, 5.41) is 9.29. The van der Waals surface area contributed by atoms with Gasteiger partial charge < -0.3 is 14.6 Å². The fraction of sp³-hybridized carbons (Fsp3) is 0.276. The van der Waals surface area contributed by atoms with E-state index in [1.54, 1.807) is 6.92 Å². The van der Waals surface area contributed by atoms with Crippen LogP contribution in [0.25, 0.3) is 5.57 Å². The van der Waals surface area contributed by atoms with E-state index in [1.165, 1.54) is 33.4 Å². The number of rotatable bonds is 8. The highest BCUT2D eigenvalue weighted by Gasteiger charge is 2.20. The minimum atomic E-state index is -0.941. The van der Waals surface area contributed by atoms with Crippen LogP contribution < -0.4 is 4.74 Å². The van der Waals surface area contributed by atoms with Gasteiger partial charge in [0.05, 0.1) is 0 Å². The normalized spacial score (nSPS) is 13.5. The molecule has 1 aliphatic rings. The zero-order valence-corrected chi connectivity index (χ0v) is 19.2. The van der Waals surface area contributed by atoms with Gasteiger partial charge in [0, 0.05) is 13.0 Å². The van der Waals surface area contributed by atoms with E-state index < -0.39 is 12.1 Å². The van der Waals surface area contributed by atoms with Crippen LogP contribution in [0.15, 0.2) is 78.4 Å². The van der Waals surface area contributed by atoms with Gasteiger partial charge in [0.1, 0.15) is 12.4 Å². The molecular weight excluding hydrogens is 412 g/mol. The fourth-order valence-electron chi connectivity index (χ4n) is 4.46. The van der Waals surface area contributed by atoms with E-state index in [4.69, 9.17) is 9.47 Å². The summed E-state index contributed by atoms with van der Waals surface area (Å²) in [6, 6.07) is 24.9. The molecule has 0 fully saturated rings. The number of fused-ring (bicyclic) bond motifs is 2. The smallest absolute Gasteiger partial charge is 0.333 e. The highest BCUT2D eigenvalue weighted by molar-refractivity contribution is 5.85. The maximum atomic E-state index is 11.3. The Bertz CT molecular complexity index is 1090. The zero-order chi connectivity index (χ0) is 23.2. The van der Waals surface area contributed by atoms with Crippen LogP contribution in [0.5, 0.6) is 5.75 Å². The fourth-order valence-corrected chi connectivity index (χ4v) is 4.46. The predicted molar refractivity (Wildman–Crippen MR) is 131 cm³/mol. The Labute approximate surface area is 195 Å². The standard InChI is InChI=1S/C29H30O4/c1-3-32-27(29(30)31)18-21-12-16-24(17-13-21)33-19-20(2)28-25-10-6-4-8-22(25)14-15-23-9-5-7-11-26(23)28/h4-13,16-17,27H,3,14-15,18-19H2,1-2H3,(H,30,31). The molecule has 1 N–H and O–H groups in total. The Hall–Kier alpha value is -3.37. The maximum absolute atomic E-state index is 11.3. The summed E-state index contributed by atoms with van der Waals surface area (Å²) in [6.07, 6.45) is 1.57. The Morgan fingerprint density at radius 3 is 2.03 bits per heavy atom. The van der Waals surface area contributed by atoms with Gasteiger partial charge in [-0.3, -0.25) is 0 Å². The van der Waals surface area contributed by atoms with Gasteiger partial charge in [-0.25, -0.2) is 4.79 Å². The summed E-state index contributed by atoms with van der Waals surface area (Å²) in [7, 11) is 0. The third-order valence-electron chi connectivity index (χ3n) is 6.11. The Kier molecular flexibility index (Phi) is 7.26. The molecule has 0 saturated heterocycles. The van der Waals surface area contributed by atoms with Gasteiger partial charge in [-0.1, -0.05) is 60.7 Å². The van der Waals surface area contributed by atoms with Crippen molar-refractivity contribution in [1.82, 2.24) is 0 Å². The quantitative estimate of drug-likeness (QED) is 0.485. The number of hydrogen-bond acceptors (Lipinski definition) is 3. The molecule has 0 saturated carbocycles. The molecule has 33 heavy (non-hydrogen) atoms. The average molecular weight is 443 g/mol. The zero-order valence-electron chi connectivity index (χ0n) is 19.2. The van der Waals surface area contributed by atoms with Crippen molar-refractivity contribution in [3.8, 4) is 5.75 Å². The van der Waals surface area contributed by atoms with Crippen molar-refractivity contribution in [1.29, 1.82) is 0 Å². The molecule has 0 aliphatic heterocycles. The molecule has 0 bridgehead atoms. The van der Waals surface area contributed by atoms with E-state index in [9.17, 15) is 9.90 Å². The van der Waals surface area contributed by atoms with Gasteiger partial charge in [-0.2, -0.15) is 0 Å². The SMILES string of the molecule is CCOC(Cc1ccc(OCC(C)=C2c3ccccc3CCc3ccccc32)cc1)C(=O)O. The van der Waals surface area contributed by atoms with Gasteiger partial charge in [-0.15, -0.1) is 0 Å². The molecule has 0 amide bonds. The topological polar surface area (TPSA) is 55.8 Å². The lowest BCUT2D eigenvalue weighted by Crippen LogP contribution is -2.26. The molecule has 170 valence electrons. The summed E-state index contributed by atoms with van der Waals surface area (Å²) >= 11 is 0. The summed E-state index contributed by atoms with van der Waals surface area (Å²) in [4.78, 5) is 11.3. The lowest BCUT2D eigenvalue weighted by molar-refractivity contribution is -0.149. The van der Waals surface area contributed by atoms with E-state index >= 15 is 0 Å². The Morgan fingerprint density at radius 1 is 0.909 bits per heavy atom. The average Bonchev–Trinajstić information content (AvgIpc) is 3.00. The summed E-state index contributed by atoms with van der Waals surface area (Å²) in [5.74, 6) is -0.180. The van der Waals surface area contributed by atoms with Crippen LogP contribution in [0.3, 0.4) is 0 Å². The van der Waals surface area contributed by atoms with Crippen molar-refractivity contribution >= 4 is 11.5 Å². The van der Waals surface area contributed by atoms with Crippen molar-refractivity contribution in [3.05, 3.63) is 106 Å². The van der Waals surface area contributed by atoms with Gasteiger partial charge in [0.2, 0.25) is 0 Å². The van der Waals surface area contributed by atoms with E-state index in [2.05, 4.69) is 55.5 Å². The van der Waals surface area contributed by atoms with Crippen molar-refractivity contribution in [3.63, 3.8) is 0 Å². The summed E-state index contributed by atoms with van der Waals surface area (Å²) in [5.41, 5.74) is 8.66. The molecule has 3 aromatic rings. The van der Waals surface area contributed by atoms with E-state index in [0.29, 0.717) is 19.6 Å². The first kappa shape index (κ1) is 22.8. The summed E-state index contributed by atoms with van der Waals surface area (Å²) in [6.45, 7) is 4.79. The molecule has 1 atom stereocenters. The van der Waals surface area contributed by atoms with Crippen molar-refractivity contribution < 1.29 is 19.4 Å². The number of ether oxygens (including phenoxy) is 2. The molecule has 4 nitrogen and oxygen atoms in total. The minimum absolute atomic E-state index is 0.333. The molecule has 0 heterocycles. The molecule has 0 spiro atoms. The Morgan fingerprint density at radius 2 is 1.48 bits per heavy atom. The highest BCUT2D eigenvalue weighted by atomic mass is 16.5. The minimum Gasteiger partial charge on any atom is -0.489 e. The summed E-state index contributed by atoms with van der Waals surface area (Å²) < 4.78 is 11.5. The first-order chi connectivity index (χ1) is 16.1. The number of aliphatic carboxylic acids is 1. The van der Waals surface area contributed by atoms with Crippen LogP contribution in [0.1, 0.15) is 41.7 Å². The largest absolute Gasteiger partial charge is 0.489 e. The van der Waals surface area contributed by atoms with Crippen LogP contribution in [0.2, 0.25) is 0 Å². The number of carboxylic acids is 1. The van der Waals surface area contributed by atoms with Gasteiger partial charge >= 0.3 is 5.97 Å². The number of carboxylic acid groups (broad SMARTS) is 1. The van der Waals surface area contributed by atoms with Crippen molar-refractivity contribution in [2.24, 2.45) is 0 Å². The lowest BCUT2D eigenvalue weighted by atomic mass is 9.90. The number of aryl methyl sites for hydroxylation is 2. The van der Waals surface area contributed by atoms with Gasteiger partial charge in [0.15, 0.2) is 6.10 Å². The second-order valence-electron chi connectivity index (χ2n) is 8.39. The Balaban J connectivity index is 1.54. The molecule has 0 aromatic heterocycles. The molecule has 1 aliphatic carbocycles. The number of carbonyl (C=O) groups is 1.